The Bertz CT molecular complexity index is 316. The minimum absolute atomic E-state index is 0.0371. The Hall–Kier alpha value is -1.59. The average molecular weight is 259 g/mol. The molecule has 0 radical (unpaired) electrons. The second kappa shape index (κ2) is 6.37. The number of hydrogen-bond acceptors (Lipinski definition) is 3. The van der Waals surface area contributed by atoms with Gasteiger partial charge in [-0.3, -0.25) is 14.4 Å². The number of nitrogens with zero attached hydrogens (tertiary/aromatic N) is 1. The third kappa shape index (κ3) is 6.22. The fourth-order valence-corrected chi connectivity index (χ4v) is 1.26. The molecule has 0 bridgehead atoms. The van der Waals surface area contributed by atoms with E-state index < -0.39 is 30.9 Å². The molecular weight excluding hydrogens is 238 g/mol. The molecule has 1 amide bonds. The van der Waals surface area contributed by atoms with Crippen LogP contribution in [0.15, 0.2) is 0 Å². The van der Waals surface area contributed by atoms with E-state index in [1.807, 2.05) is 27.7 Å². The van der Waals surface area contributed by atoms with Crippen molar-refractivity contribution in [2.45, 2.75) is 34.1 Å². The zero-order valence-corrected chi connectivity index (χ0v) is 11.3. The van der Waals surface area contributed by atoms with Crippen molar-refractivity contribution in [1.29, 1.82) is 0 Å². The number of carbonyl (C=O) groups is 3. The molecule has 6 heteroatoms. The molecule has 0 aliphatic heterocycles. The van der Waals surface area contributed by atoms with Gasteiger partial charge in [0.25, 0.3) is 0 Å². The second-order valence-corrected chi connectivity index (χ2v) is 5.51. The summed E-state index contributed by atoms with van der Waals surface area (Å²) in [5.74, 6) is -2.83. The van der Waals surface area contributed by atoms with Crippen molar-refractivity contribution in [3.63, 3.8) is 0 Å². The van der Waals surface area contributed by atoms with Crippen molar-refractivity contribution in [2.24, 2.45) is 11.3 Å². The maximum Gasteiger partial charge on any atom is 0.323 e. The summed E-state index contributed by atoms with van der Waals surface area (Å²) < 4.78 is 0. The monoisotopic (exact) mass is 259 g/mol. The Morgan fingerprint density at radius 3 is 1.72 bits per heavy atom. The van der Waals surface area contributed by atoms with Crippen LogP contribution < -0.4 is 0 Å². The molecule has 0 heterocycles. The van der Waals surface area contributed by atoms with Gasteiger partial charge >= 0.3 is 11.9 Å². The summed E-state index contributed by atoms with van der Waals surface area (Å²) in [6, 6.07) is 0. The van der Waals surface area contributed by atoms with Gasteiger partial charge in [-0.2, -0.15) is 0 Å². The minimum Gasteiger partial charge on any atom is -0.480 e. The normalized spacial score (nSPS) is 12.9. The molecule has 2 N–H and O–H groups in total. The van der Waals surface area contributed by atoms with E-state index in [1.54, 1.807) is 0 Å². The smallest absolute Gasteiger partial charge is 0.323 e. The highest BCUT2D eigenvalue weighted by Gasteiger charge is 2.26. The molecule has 6 nitrogen and oxygen atoms in total. The molecule has 0 saturated heterocycles. The Morgan fingerprint density at radius 1 is 1.06 bits per heavy atom. The Kier molecular flexibility index (Phi) is 5.81. The Labute approximate surface area is 107 Å². The molecule has 0 spiro atoms. The molecule has 0 aromatic rings. The molecule has 18 heavy (non-hydrogen) atoms. The van der Waals surface area contributed by atoms with Crippen molar-refractivity contribution in [3.05, 3.63) is 0 Å². The number of amides is 1. The zero-order chi connectivity index (χ0) is 14.5. The lowest BCUT2D eigenvalue weighted by molar-refractivity contribution is -0.150. The van der Waals surface area contributed by atoms with Gasteiger partial charge in [0.05, 0.1) is 0 Å². The summed E-state index contributed by atoms with van der Waals surface area (Å²) in [5, 5.41) is 17.3. The third-order valence-corrected chi connectivity index (χ3v) is 2.96. The molecule has 0 saturated carbocycles. The zero-order valence-electron chi connectivity index (χ0n) is 11.3. The summed E-state index contributed by atoms with van der Waals surface area (Å²) in [5.41, 5.74) is -0.0895. The van der Waals surface area contributed by atoms with E-state index in [0.29, 0.717) is 0 Å². The van der Waals surface area contributed by atoms with Gasteiger partial charge in [0.1, 0.15) is 13.1 Å². The highest BCUT2D eigenvalue weighted by molar-refractivity contribution is 5.85. The van der Waals surface area contributed by atoms with E-state index in [1.165, 1.54) is 0 Å². The highest BCUT2D eigenvalue weighted by Crippen LogP contribution is 2.28. The first-order valence-electron chi connectivity index (χ1n) is 5.75. The van der Waals surface area contributed by atoms with Gasteiger partial charge in [-0.05, 0) is 11.3 Å². The first kappa shape index (κ1) is 16.4. The van der Waals surface area contributed by atoms with Gasteiger partial charge < -0.3 is 15.1 Å². The van der Waals surface area contributed by atoms with E-state index >= 15 is 0 Å². The average Bonchev–Trinajstić information content (AvgIpc) is 2.13. The minimum atomic E-state index is -1.21. The number of hydrogen-bond donors (Lipinski definition) is 2. The predicted octanol–water partition coefficient (Wildman–Crippen LogP) is 1.06. The van der Waals surface area contributed by atoms with Crippen molar-refractivity contribution < 1.29 is 24.6 Å². The van der Waals surface area contributed by atoms with Gasteiger partial charge in [-0.25, -0.2) is 0 Å². The van der Waals surface area contributed by atoms with Crippen LogP contribution in [0, 0.1) is 11.3 Å². The molecule has 0 aromatic carbocycles. The lowest BCUT2D eigenvalue weighted by Gasteiger charge is -2.28. The fraction of sp³-hybridized carbons (Fsp3) is 0.750. The van der Waals surface area contributed by atoms with Gasteiger partial charge in [0.2, 0.25) is 5.91 Å². The van der Waals surface area contributed by atoms with Gasteiger partial charge in [0.15, 0.2) is 0 Å². The van der Waals surface area contributed by atoms with Crippen molar-refractivity contribution in [3.8, 4) is 0 Å². The molecular formula is C12H21NO5. The molecule has 0 fully saturated rings. The highest BCUT2D eigenvalue weighted by atomic mass is 16.4. The van der Waals surface area contributed by atoms with Gasteiger partial charge in [-0.1, -0.05) is 27.7 Å². The van der Waals surface area contributed by atoms with Crippen LogP contribution in [0.25, 0.3) is 0 Å². The van der Waals surface area contributed by atoms with E-state index in [2.05, 4.69) is 0 Å². The van der Waals surface area contributed by atoms with Crippen LogP contribution in [0.2, 0.25) is 0 Å². The number of carboxylic acids is 2. The van der Waals surface area contributed by atoms with Crippen LogP contribution in [0.5, 0.6) is 0 Å². The standard InChI is InChI=1S/C12H21NO5/c1-8(12(2,3)4)5-9(14)13(6-10(15)16)7-11(17)18/h8H,5-7H2,1-4H3,(H,15,16)(H,17,18). The maximum atomic E-state index is 11.9. The SMILES string of the molecule is CC(CC(=O)N(CC(=O)O)CC(=O)O)C(C)(C)C. The fourth-order valence-electron chi connectivity index (χ4n) is 1.26. The molecule has 0 aromatic heterocycles. The Morgan fingerprint density at radius 2 is 1.44 bits per heavy atom. The van der Waals surface area contributed by atoms with E-state index in [9.17, 15) is 14.4 Å². The summed E-state index contributed by atoms with van der Waals surface area (Å²) in [7, 11) is 0. The first-order chi connectivity index (χ1) is 8.04. The molecule has 104 valence electrons. The summed E-state index contributed by atoms with van der Waals surface area (Å²) in [4.78, 5) is 33.9. The van der Waals surface area contributed by atoms with E-state index in [-0.39, 0.29) is 17.8 Å². The number of carboxylic acid groups (broad SMARTS) is 2. The second-order valence-electron chi connectivity index (χ2n) is 5.51. The largest absolute Gasteiger partial charge is 0.480 e. The van der Waals surface area contributed by atoms with Crippen LogP contribution in [-0.2, 0) is 14.4 Å². The van der Waals surface area contributed by atoms with Crippen LogP contribution in [0.1, 0.15) is 34.1 Å². The lowest BCUT2D eigenvalue weighted by Crippen LogP contribution is -2.40. The van der Waals surface area contributed by atoms with Crippen LogP contribution in [0.3, 0.4) is 0 Å². The summed E-state index contributed by atoms with van der Waals surface area (Å²) >= 11 is 0. The molecule has 0 rings (SSSR count). The van der Waals surface area contributed by atoms with E-state index in [4.69, 9.17) is 10.2 Å². The summed E-state index contributed by atoms with van der Waals surface area (Å²) in [6.07, 6.45) is 0.143. The number of carbonyl (C=O) groups excluding carboxylic acids is 1. The molecule has 1 atom stereocenters. The summed E-state index contributed by atoms with van der Waals surface area (Å²) in [6.45, 7) is 6.65. The maximum absolute atomic E-state index is 11.9. The van der Waals surface area contributed by atoms with Gasteiger partial charge in [-0.15, -0.1) is 0 Å². The van der Waals surface area contributed by atoms with Crippen molar-refractivity contribution in [1.82, 2.24) is 4.90 Å². The van der Waals surface area contributed by atoms with Crippen LogP contribution in [-0.4, -0.2) is 46.0 Å². The molecule has 1 unspecified atom stereocenters. The van der Waals surface area contributed by atoms with Crippen molar-refractivity contribution >= 4 is 17.8 Å². The quantitative estimate of drug-likeness (QED) is 0.743. The first-order valence-corrected chi connectivity index (χ1v) is 5.75. The Balaban J connectivity index is 4.65. The molecule has 0 aliphatic rings. The van der Waals surface area contributed by atoms with E-state index in [0.717, 1.165) is 4.90 Å². The van der Waals surface area contributed by atoms with Crippen molar-refractivity contribution in [2.75, 3.05) is 13.1 Å². The number of aliphatic carboxylic acids is 2. The third-order valence-electron chi connectivity index (χ3n) is 2.96. The van der Waals surface area contributed by atoms with Crippen LogP contribution in [0.4, 0.5) is 0 Å². The lowest BCUT2D eigenvalue weighted by atomic mass is 9.80. The van der Waals surface area contributed by atoms with Gasteiger partial charge in [0, 0.05) is 6.42 Å². The predicted molar refractivity (Wildman–Crippen MR) is 65.1 cm³/mol. The molecule has 0 aliphatic carbocycles. The van der Waals surface area contributed by atoms with Crippen LogP contribution >= 0.6 is 0 Å². The topological polar surface area (TPSA) is 94.9 Å². The number of rotatable bonds is 6.